The van der Waals surface area contributed by atoms with E-state index in [4.69, 9.17) is 18.9 Å². The summed E-state index contributed by atoms with van der Waals surface area (Å²) in [6.07, 6.45) is 1.64. The van der Waals surface area contributed by atoms with Crippen molar-refractivity contribution in [3.8, 4) is 23.0 Å². The molecule has 178 valence electrons. The van der Waals surface area contributed by atoms with Gasteiger partial charge < -0.3 is 29.6 Å². The minimum atomic E-state index is -0.441. The average Bonchev–Trinajstić information content (AvgIpc) is 3.39. The lowest BCUT2D eigenvalue weighted by atomic mass is 10.1. The SMILES string of the molecule is COc1ccc(C(=O)N/C(=C\c2cccs2)C(=O)NCc2cc(OC)c(OC)c(OC)c2)cc1. The lowest BCUT2D eigenvalue weighted by Gasteiger charge is -2.15. The largest absolute Gasteiger partial charge is 0.497 e. The number of amides is 2. The van der Waals surface area contributed by atoms with Gasteiger partial charge in [0.05, 0.1) is 28.4 Å². The second-order valence-electron chi connectivity index (χ2n) is 6.97. The van der Waals surface area contributed by atoms with Crippen LogP contribution in [0.15, 0.2) is 59.6 Å². The van der Waals surface area contributed by atoms with Crippen molar-refractivity contribution in [1.29, 1.82) is 0 Å². The molecule has 3 rings (SSSR count). The van der Waals surface area contributed by atoms with Gasteiger partial charge in [-0.25, -0.2) is 0 Å². The van der Waals surface area contributed by atoms with E-state index in [1.807, 2.05) is 17.5 Å². The lowest BCUT2D eigenvalue weighted by Crippen LogP contribution is -2.34. The van der Waals surface area contributed by atoms with Crippen molar-refractivity contribution in [2.24, 2.45) is 0 Å². The maximum absolute atomic E-state index is 13.0. The van der Waals surface area contributed by atoms with Crippen LogP contribution in [-0.2, 0) is 11.3 Å². The Morgan fingerprint density at radius 2 is 1.59 bits per heavy atom. The fraction of sp³-hybridized carbons (Fsp3) is 0.200. The molecule has 0 saturated heterocycles. The first-order valence-electron chi connectivity index (χ1n) is 10.3. The standard InChI is InChI=1S/C25H26N2O6S/c1-30-18-9-7-17(8-10-18)24(28)27-20(14-19-6-5-11-34-19)25(29)26-15-16-12-21(31-2)23(33-4)22(13-16)32-3/h5-14H,15H2,1-4H3,(H,26,29)(H,27,28)/b20-14-. The van der Waals surface area contributed by atoms with Gasteiger partial charge in [-0.2, -0.15) is 0 Å². The molecule has 1 aromatic heterocycles. The van der Waals surface area contributed by atoms with Crippen molar-refractivity contribution in [1.82, 2.24) is 10.6 Å². The van der Waals surface area contributed by atoms with Gasteiger partial charge in [-0.3, -0.25) is 9.59 Å². The summed E-state index contributed by atoms with van der Waals surface area (Å²) in [6, 6.07) is 13.9. The van der Waals surface area contributed by atoms with Crippen LogP contribution < -0.4 is 29.6 Å². The van der Waals surface area contributed by atoms with Crippen molar-refractivity contribution >= 4 is 29.2 Å². The summed E-state index contributed by atoms with van der Waals surface area (Å²) in [5, 5.41) is 7.44. The Kier molecular flexibility index (Phi) is 8.53. The average molecular weight is 483 g/mol. The molecule has 0 radical (unpaired) electrons. The normalized spacial score (nSPS) is 10.9. The van der Waals surface area contributed by atoms with Crippen molar-refractivity contribution in [2.45, 2.75) is 6.54 Å². The zero-order valence-corrected chi connectivity index (χ0v) is 20.2. The highest BCUT2D eigenvalue weighted by atomic mass is 32.1. The number of carbonyl (C=O) groups excluding carboxylic acids is 2. The second-order valence-corrected chi connectivity index (χ2v) is 7.95. The lowest BCUT2D eigenvalue weighted by molar-refractivity contribution is -0.117. The van der Waals surface area contributed by atoms with Crippen LogP contribution in [0.1, 0.15) is 20.8 Å². The Balaban J connectivity index is 1.79. The molecular weight excluding hydrogens is 456 g/mol. The van der Waals surface area contributed by atoms with Crippen molar-refractivity contribution in [3.05, 3.63) is 75.6 Å². The molecule has 0 aliphatic carbocycles. The summed E-state index contributed by atoms with van der Waals surface area (Å²) in [5.74, 6) is 1.21. The quantitative estimate of drug-likeness (QED) is 0.426. The topological polar surface area (TPSA) is 95.1 Å². The van der Waals surface area contributed by atoms with Crippen molar-refractivity contribution in [2.75, 3.05) is 28.4 Å². The van der Waals surface area contributed by atoms with E-state index in [0.717, 1.165) is 10.4 Å². The number of thiophene rings is 1. The van der Waals surface area contributed by atoms with Gasteiger partial charge in [0.1, 0.15) is 11.4 Å². The van der Waals surface area contributed by atoms with Crippen molar-refractivity contribution < 1.29 is 28.5 Å². The number of hydrogen-bond acceptors (Lipinski definition) is 7. The number of methoxy groups -OCH3 is 4. The molecule has 9 heteroatoms. The first kappa shape index (κ1) is 24.7. The number of benzene rings is 2. The number of nitrogens with one attached hydrogen (secondary N) is 2. The summed E-state index contributed by atoms with van der Waals surface area (Å²) in [5.41, 5.74) is 1.26. The third-order valence-electron chi connectivity index (χ3n) is 4.85. The number of carbonyl (C=O) groups is 2. The summed E-state index contributed by atoms with van der Waals surface area (Å²) < 4.78 is 21.2. The van der Waals surface area contributed by atoms with Gasteiger partial charge in [-0.05, 0) is 59.5 Å². The maximum Gasteiger partial charge on any atom is 0.268 e. The molecule has 0 aliphatic rings. The smallest absolute Gasteiger partial charge is 0.268 e. The first-order valence-corrected chi connectivity index (χ1v) is 11.1. The number of rotatable bonds is 10. The van der Waals surface area contributed by atoms with Gasteiger partial charge in [0.25, 0.3) is 11.8 Å². The third-order valence-corrected chi connectivity index (χ3v) is 5.67. The molecule has 0 fully saturated rings. The van der Waals surface area contributed by atoms with Gasteiger partial charge in [-0.1, -0.05) is 6.07 Å². The predicted octanol–water partition coefficient (Wildman–Crippen LogP) is 3.87. The van der Waals surface area contributed by atoms with E-state index in [9.17, 15) is 9.59 Å². The van der Waals surface area contributed by atoms with E-state index in [-0.39, 0.29) is 12.2 Å². The summed E-state index contributed by atoms with van der Waals surface area (Å²) >= 11 is 1.45. The second kappa shape index (κ2) is 11.8. The first-order chi connectivity index (χ1) is 16.5. The molecular formula is C25H26N2O6S. The molecule has 0 unspecified atom stereocenters. The summed E-state index contributed by atoms with van der Waals surface area (Å²) in [7, 11) is 6.12. The summed E-state index contributed by atoms with van der Waals surface area (Å²) in [6.45, 7) is 0.176. The van der Waals surface area contributed by atoms with E-state index >= 15 is 0 Å². The Morgan fingerprint density at radius 3 is 2.12 bits per heavy atom. The fourth-order valence-electron chi connectivity index (χ4n) is 3.13. The molecule has 1 heterocycles. The van der Waals surface area contributed by atoms with Crippen LogP contribution in [0.4, 0.5) is 0 Å². The zero-order chi connectivity index (χ0) is 24.5. The van der Waals surface area contributed by atoms with Gasteiger partial charge in [0, 0.05) is 17.0 Å². The van der Waals surface area contributed by atoms with Gasteiger partial charge in [-0.15, -0.1) is 11.3 Å². The van der Waals surface area contributed by atoms with Crippen LogP contribution in [0, 0.1) is 0 Å². The van der Waals surface area contributed by atoms with Gasteiger partial charge in [0.2, 0.25) is 5.75 Å². The Labute approximate surface area is 202 Å². The van der Waals surface area contributed by atoms with E-state index in [1.165, 1.54) is 32.7 Å². The van der Waals surface area contributed by atoms with E-state index < -0.39 is 11.8 Å². The van der Waals surface area contributed by atoms with Crippen LogP contribution in [0.2, 0.25) is 0 Å². The molecule has 34 heavy (non-hydrogen) atoms. The Morgan fingerprint density at radius 1 is 0.912 bits per heavy atom. The molecule has 0 spiro atoms. The molecule has 8 nitrogen and oxygen atoms in total. The van der Waals surface area contributed by atoms with Crippen LogP contribution in [0.5, 0.6) is 23.0 Å². The molecule has 0 atom stereocenters. The molecule has 0 bridgehead atoms. The highest BCUT2D eigenvalue weighted by molar-refractivity contribution is 7.10. The van der Waals surface area contributed by atoms with Crippen LogP contribution in [0.3, 0.4) is 0 Å². The van der Waals surface area contributed by atoms with E-state index in [1.54, 1.807) is 49.6 Å². The van der Waals surface area contributed by atoms with Crippen molar-refractivity contribution in [3.63, 3.8) is 0 Å². The number of ether oxygens (including phenoxy) is 4. The third kappa shape index (κ3) is 6.08. The molecule has 2 aromatic carbocycles. The molecule has 2 amide bonds. The Bertz CT molecular complexity index is 1130. The van der Waals surface area contributed by atoms with Gasteiger partial charge >= 0.3 is 0 Å². The molecule has 0 saturated carbocycles. The monoisotopic (exact) mass is 482 g/mol. The maximum atomic E-state index is 13.0. The van der Waals surface area contributed by atoms with Gasteiger partial charge in [0.15, 0.2) is 11.5 Å². The van der Waals surface area contributed by atoms with E-state index in [0.29, 0.717) is 28.6 Å². The highest BCUT2D eigenvalue weighted by Gasteiger charge is 2.17. The Hall–Kier alpha value is -3.98. The van der Waals surface area contributed by atoms with Crippen LogP contribution in [0.25, 0.3) is 6.08 Å². The van der Waals surface area contributed by atoms with Crippen LogP contribution in [-0.4, -0.2) is 40.3 Å². The predicted molar refractivity (Wildman–Crippen MR) is 131 cm³/mol. The molecule has 2 N–H and O–H groups in total. The minimum absolute atomic E-state index is 0.121. The fourth-order valence-corrected chi connectivity index (χ4v) is 3.78. The minimum Gasteiger partial charge on any atom is -0.497 e. The van der Waals surface area contributed by atoms with Crippen LogP contribution >= 0.6 is 11.3 Å². The zero-order valence-electron chi connectivity index (χ0n) is 19.3. The number of hydrogen-bond donors (Lipinski definition) is 2. The molecule has 0 aliphatic heterocycles. The molecule has 3 aromatic rings. The summed E-state index contributed by atoms with van der Waals surface area (Å²) in [4.78, 5) is 26.7. The van der Waals surface area contributed by atoms with E-state index in [2.05, 4.69) is 10.6 Å². The highest BCUT2D eigenvalue weighted by Crippen LogP contribution is 2.38.